The molecule has 0 spiro atoms. The third-order valence-corrected chi connectivity index (χ3v) is 3.14. The van der Waals surface area contributed by atoms with Gasteiger partial charge in [-0.1, -0.05) is 12.1 Å². The smallest absolute Gasteiger partial charge is 0.0487 e. The normalized spacial score (nSPS) is 10.2. The lowest BCUT2D eigenvalue weighted by Crippen LogP contribution is -2.03. The first-order valence-electron chi connectivity index (χ1n) is 4.85. The maximum absolute atomic E-state index is 8.63. The second kappa shape index (κ2) is 6.04. The van der Waals surface area contributed by atoms with Gasteiger partial charge in [0.2, 0.25) is 0 Å². The van der Waals surface area contributed by atoms with Gasteiger partial charge < -0.3 is 10.4 Å². The van der Waals surface area contributed by atoms with Crippen LogP contribution in [-0.4, -0.2) is 18.3 Å². The van der Waals surface area contributed by atoms with Crippen molar-refractivity contribution in [2.75, 3.05) is 18.5 Å². The number of unbranched alkanes of at least 4 members (excludes halogenated alkanes) is 1. The molecule has 0 aliphatic heterocycles. The summed E-state index contributed by atoms with van der Waals surface area (Å²) in [6.07, 6.45) is 1.85. The molecular weight excluding hydrogens is 242 g/mol. The highest BCUT2D eigenvalue weighted by atomic mass is 79.9. The summed E-state index contributed by atoms with van der Waals surface area (Å²) in [7, 11) is 0. The number of rotatable bonds is 5. The van der Waals surface area contributed by atoms with E-state index < -0.39 is 0 Å². The maximum atomic E-state index is 8.63. The maximum Gasteiger partial charge on any atom is 0.0487 e. The molecule has 0 unspecified atom stereocenters. The molecule has 0 radical (unpaired) electrons. The van der Waals surface area contributed by atoms with Gasteiger partial charge in [0.15, 0.2) is 0 Å². The summed E-state index contributed by atoms with van der Waals surface area (Å²) in [5.74, 6) is 0. The lowest BCUT2D eigenvalue weighted by molar-refractivity contribution is 0.286. The van der Waals surface area contributed by atoms with Crippen molar-refractivity contribution in [1.82, 2.24) is 0 Å². The molecule has 0 amide bonds. The van der Waals surface area contributed by atoms with Crippen molar-refractivity contribution in [1.29, 1.82) is 0 Å². The highest BCUT2D eigenvalue weighted by molar-refractivity contribution is 9.10. The van der Waals surface area contributed by atoms with Gasteiger partial charge in [-0.25, -0.2) is 0 Å². The summed E-state index contributed by atoms with van der Waals surface area (Å²) in [5.41, 5.74) is 2.36. The van der Waals surface area contributed by atoms with Crippen LogP contribution in [0.25, 0.3) is 0 Å². The number of anilines is 1. The molecule has 2 N–H and O–H groups in total. The molecular formula is C11H16BrNO. The summed E-state index contributed by atoms with van der Waals surface area (Å²) in [6.45, 7) is 3.25. The number of halogens is 1. The summed E-state index contributed by atoms with van der Waals surface area (Å²) >= 11 is 3.54. The van der Waals surface area contributed by atoms with Crippen LogP contribution in [0.3, 0.4) is 0 Å². The summed E-state index contributed by atoms with van der Waals surface area (Å²) < 4.78 is 1.13. The van der Waals surface area contributed by atoms with Crippen LogP contribution in [-0.2, 0) is 0 Å². The third kappa shape index (κ3) is 3.31. The molecule has 0 aliphatic rings. The fraction of sp³-hybridized carbons (Fsp3) is 0.455. The van der Waals surface area contributed by atoms with Crippen molar-refractivity contribution in [2.45, 2.75) is 19.8 Å². The molecule has 0 saturated heterocycles. The largest absolute Gasteiger partial charge is 0.396 e. The Labute approximate surface area is 93.5 Å². The molecule has 0 aliphatic carbocycles. The number of aryl methyl sites for hydroxylation is 1. The van der Waals surface area contributed by atoms with E-state index in [2.05, 4.69) is 40.3 Å². The Morgan fingerprint density at radius 2 is 2.14 bits per heavy atom. The van der Waals surface area contributed by atoms with E-state index >= 15 is 0 Å². The molecule has 3 heteroatoms. The van der Waals surface area contributed by atoms with Crippen LogP contribution < -0.4 is 5.32 Å². The van der Waals surface area contributed by atoms with E-state index in [1.807, 2.05) is 6.07 Å². The standard InChI is InChI=1S/C11H16BrNO/c1-9-5-4-6-10(11(9)12)13-7-2-3-8-14/h4-6,13-14H,2-3,7-8H2,1H3. The predicted octanol–water partition coefficient (Wildman–Crippen LogP) is 2.94. The number of hydrogen-bond donors (Lipinski definition) is 2. The van der Waals surface area contributed by atoms with Gasteiger partial charge in [0.1, 0.15) is 0 Å². The number of nitrogens with one attached hydrogen (secondary N) is 1. The third-order valence-electron chi connectivity index (χ3n) is 2.09. The van der Waals surface area contributed by atoms with E-state index in [-0.39, 0.29) is 6.61 Å². The van der Waals surface area contributed by atoms with Gasteiger partial charge >= 0.3 is 0 Å². The van der Waals surface area contributed by atoms with Crippen LogP contribution in [0.5, 0.6) is 0 Å². The zero-order valence-electron chi connectivity index (χ0n) is 8.39. The molecule has 0 heterocycles. The molecule has 0 fully saturated rings. The van der Waals surface area contributed by atoms with Gasteiger partial charge in [-0.05, 0) is 47.3 Å². The average Bonchev–Trinajstić information content (AvgIpc) is 2.19. The topological polar surface area (TPSA) is 32.3 Å². The Kier molecular flexibility index (Phi) is 4.98. The van der Waals surface area contributed by atoms with Crippen molar-refractivity contribution in [3.8, 4) is 0 Å². The lowest BCUT2D eigenvalue weighted by Gasteiger charge is -2.09. The molecule has 1 rings (SSSR count). The van der Waals surface area contributed by atoms with Gasteiger partial charge in [0, 0.05) is 23.3 Å². The SMILES string of the molecule is Cc1cccc(NCCCCO)c1Br. The van der Waals surface area contributed by atoms with Crippen LogP contribution in [0.15, 0.2) is 22.7 Å². The summed E-state index contributed by atoms with van der Waals surface area (Å²) in [6, 6.07) is 6.16. The Balaban J connectivity index is 2.46. The minimum absolute atomic E-state index is 0.274. The molecule has 0 bridgehead atoms. The first-order chi connectivity index (χ1) is 6.75. The zero-order valence-corrected chi connectivity index (χ0v) is 9.97. The van der Waals surface area contributed by atoms with Crippen LogP contribution in [0.1, 0.15) is 18.4 Å². The predicted molar refractivity (Wildman–Crippen MR) is 63.7 cm³/mol. The van der Waals surface area contributed by atoms with Crippen LogP contribution in [0.4, 0.5) is 5.69 Å². The molecule has 2 nitrogen and oxygen atoms in total. The fourth-order valence-electron chi connectivity index (χ4n) is 1.24. The molecule has 0 atom stereocenters. The van der Waals surface area contributed by atoms with E-state index in [1.54, 1.807) is 0 Å². The highest BCUT2D eigenvalue weighted by Crippen LogP contribution is 2.25. The Morgan fingerprint density at radius 3 is 2.86 bits per heavy atom. The molecule has 1 aromatic rings. The average molecular weight is 258 g/mol. The highest BCUT2D eigenvalue weighted by Gasteiger charge is 2.00. The van der Waals surface area contributed by atoms with E-state index in [9.17, 15) is 0 Å². The second-order valence-corrected chi connectivity index (χ2v) is 4.09. The van der Waals surface area contributed by atoms with Crippen LogP contribution in [0.2, 0.25) is 0 Å². The number of aliphatic hydroxyl groups is 1. The first kappa shape index (κ1) is 11.5. The van der Waals surface area contributed by atoms with Crippen LogP contribution >= 0.6 is 15.9 Å². The molecule has 1 aromatic carbocycles. The van der Waals surface area contributed by atoms with E-state index in [4.69, 9.17) is 5.11 Å². The zero-order chi connectivity index (χ0) is 10.4. The fourth-order valence-corrected chi connectivity index (χ4v) is 1.65. The summed E-state index contributed by atoms with van der Waals surface area (Å²) in [5, 5.41) is 12.0. The monoisotopic (exact) mass is 257 g/mol. The number of benzene rings is 1. The quantitative estimate of drug-likeness (QED) is 0.796. The Hall–Kier alpha value is -0.540. The molecule has 14 heavy (non-hydrogen) atoms. The van der Waals surface area contributed by atoms with E-state index in [1.165, 1.54) is 5.56 Å². The Morgan fingerprint density at radius 1 is 1.36 bits per heavy atom. The first-order valence-corrected chi connectivity index (χ1v) is 5.65. The molecule has 78 valence electrons. The van der Waals surface area contributed by atoms with E-state index in [0.29, 0.717) is 0 Å². The van der Waals surface area contributed by atoms with Crippen molar-refractivity contribution in [3.63, 3.8) is 0 Å². The van der Waals surface area contributed by atoms with Gasteiger partial charge in [-0.2, -0.15) is 0 Å². The van der Waals surface area contributed by atoms with Crippen molar-refractivity contribution in [3.05, 3.63) is 28.2 Å². The molecule has 0 saturated carbocycles. The van der Waals surface area contributed by atoms with Crippen molar-refractivity contribution >= 4 is 21.6 Å². The van der Waals surface area contributed by atoms with Crippen molar-refractivity contribution in [2.24, 2.45) is 0 Å². The Bertz CT molecular complexity index is 289. The molecule has 0 aromatic heterocycles. The summed E-state index contributed by atoms with van der Waals surface area (Å²) in [4.78, 5) is 0. The van der Waals surface area contributed by atoms with Crippen molar-refractivity contribution < 1.29 is 5.11 Å². The number of hydrogen-bond acceptors (Lipinski definition) is 2. The van der Waals surface area contributed by atoms with Gasteiger partial charge in [-0.15, -0.1) is 0 Å². The second-order valence-electron chi connectivity index (χ2n) is 3.29. The van der Waals surface area contributed by atoms with Gasteiger partial charge in [-0.3, -0.25) is 0 Å². The van der Waals surface area contributed by atoms with Crippen LogP contribution in [0, 0.1) is 6.92 Å². The van der Waals surface area contributed by atoms with Gasteiger partial charge in [0.25, 0.3) is 0 Å². The lowest BCUT2D eigenvalue weighted by atomic mass is 10.2. The number of aliphatic hydroxyl groups excluding tert-OH is 1. The van der Waals surface area contributed by atoms with Gasteiger partial charge in [0.05, 0.1) is 0 Å². The minimum Gasteiger partial charge on any atom is -0.396 e. The van der Waals surface area contributed by atoms with E-state index in [0.717, 1.165) is 29.5 Å². The minimum atomic E-state index is 0.274.